The Labute approximate surface area is 118 Å². The van der Waals surface area contributed by atoms with Crippen LogP contribution in [-0.4, -0.2) is 23.7 Å². The molecule has 0 aromatic heterocycles. The Hall–Kier alpha value is -2.04. The van der Waals surface area contributed by atoms with Crippen LogP contribution in [0.4, 0.5) is 10.5 Å². The fraction of sp³-hybridized carbons (Fsp3) is 0.467. The van der Waals surface area contributed by atoms with Crippen molar-refractivity contribution in [2.75, 3.05) is 11.9 Å². The third-order valence-corrected chi connectivity index (χ3v) is 3.67. The molecule has 0 heterocycles. The van der Waals surface area contributed by atoms with Gasteiger partial charge >= 0.3 is 12.0 Å². The predicted molar refractivity (Wildman–Crippen MR) is 76.8 cm³/mol. The third-order valence-electron chi connectivity index (χ3n) is 3.67. The fourth-order valence-corrected chi connectivity index (χ4v) is 2.30. The van der Waals surface area contributed by atoms with Crippen LogP contribution in [0.25, 0.3) is 0 Å². The summed E-state index contributed by atoms with van der Waals surface area (Å²) in [6.45, 7) is 0.664. The summed E-state index contributed by atoms with van der Waals surface area (Å²) in [5.41, 5.74) is 1.16. The number of amides is 2. The van der Waals surface area contributed by atoms with Gasteiger partial charge in [0.05, 0.1) is 6.42 Å². The van der Waals surface area contributed by atoms with Crippen LogP contribution in [0.5, 0.6) is 0 Å². The molecule has 0 aliphatic heterocycles. The number of urea groups is 1. The minimum Gasteiger partial charge on any atom is -0.481 e. The summed E-state index contributed by atoms with van der Waals surface area (Å²) in [4.78, 5) is 22.5. The molecule has 108 valence electrons. The minimum absolute atomic E-state index is 0.0987. The molecule has 5 nitrogen and oxygen atoms in total. The molecule has 0 radical (unpaired) electrons. The highest BCUT2D eigenvalue weighted by Crippen LogP contribution is 2.28. The van der Waals surface area contributed by atoms with Crippen molar-refractivity contribution in [1.29, 1.82) is 0 Å². The first kappa shape index (κ1) is 14.4. The fourth-order valence-electron chi connectivity index (χ4n) is 2.30. The lowest BCUT2D eigenvalue weighted by atomic mass is 9.83. The monoisotopic (exact) mass is 276 g/mol. The molecule has 0 saturated heterocycles. The molecule has 20 heavy (non-hydrogen) atoms. The number of rotatable bonds is 6. The standard InChI is InChI=1S/C15H20N2O3/c18-14(19)10-12-6-1-2-7-13(12)17-15(20)16-9-8-11-4-3-5-11/h1-2,6-7,11H,3-5,8-10H2,(H,18,19)(H2,16,17,20). The normalized spacial score (nSPS) is 14.4. The highest BCUT2D eigenvalue weighted by molar-refractivity contribution is 5.90. The Morgan fingerprint density at radius 1 is 1.25 bits per heavy atom. The molecule has 5 heteroatoms. The summed E-state index contributed by atoms with van der Waals surface area (Å²) in [6, 6.07) is 6.68. The summed E-state index contributed by atoms with van der Waals surface area (Å²) < 4.78 is 0. The van der Waals surface area contributed by atoms with Crippen molar-refractivity contribution in [1.82, 2.24) is 5.32 Å². The van der Waals surface area contributed by atoms with Crippen molar-refractivity contribution < 1.29 is 14.7 Å². The zero-order valence-corrected chi connectivity index (χ0v) is 11.4. The maximum Gasteiger partial charge on any atom is 0.319 e. The van der Waals surface area contributed by atoms with E-state index in [4.69, 9.17) is 5.11 Å². The summed E-state index contributed by atoms with van der Waals surface area (Å²) >= 11 is 0. The van der Waals surface area contributed by atoms with Gasteiger partial charge in [-0.3, -0.25) is 4.79 Å². The number of benzene rings is 1. The maximum absolute atomic E-state index is 11.8. The van der Waals surface area contributed by atoms with Gasteiger partial charge in [-0.25, -0.2) is 4.79 Å². The van der Waals surface area contributed by atoms with E-state index in [1.165, 1.54) is 19.3 Å². The van der Waals surface area contributed by atoms with Crippen molar-refractivity contribution in [2.24, 2.45) is 5.92 Å². The molecule has 1 fully saturated rings. The van der Waals surface area contributed by atoms with Gasteiger partial charge in [0.2, 0.25) is 0 Å². The summed E-state index contributed by atoms with van der Waals surface area (Å²) in [5, 5.41) is 14.4. The van der Waals surface area contributed by atoms with Crippen LogP contribution in [0.15, 0.2) is 24.3 Å². The molecular weight excluding hydrogens is 256 g/mol. The topological polar surface area (TPSA) is 78.4 Å². The zero-order chi connectivity index (χ0) is 14.4. The smallest absolute Gasteiger partial charge is 0.319 e. The van der Waals surface area contributed by atoms with Gasteiger partial charge in [0.15, 0.2) is 0 Å². The molecular formula is C15H20N2O3. The second-order valence-corrected chi connectivity index (χ2v) is 5.19. The number of hydrogen-bond acceptors (Lipinski definition) is 2. The number of hydrogen-bond donors (Lipinski definition) is 3. The molecule has 0 bridgehead atoms. The number of carboxylic acids is 1. The summed E-state index contributed by atoms with van der Waals surface area (Å²) in [5.74, 6) is -0.153. The number of para-hydroxylation sites is 1. The number of aliphatic carboxylic acids is 1. The van der Waals surface area contributed by atoms with Gasteiger partial charge in [-0.2, -0.15) is 0 Å². The van der Waals surface area contributed by atoms with Crippen LogP contribution in [0, 0.1) is 5.92 Å². The minimum atomic E-state index is -0.912. The van der Waals surface area contributed by atoms with E-state index in [0.29, 0.717) is 17.8 Å². The Morgan fingerprint density at radius 3 is 2.65 bits per heavy atom. The average molecular weight is 276 g/mol. The van der Waals surface area contributed by atoms with Crippen molar-refractivity contribution in [2.45, 2.75) is 32.1 Å². The molecule has 1 aromatic carbocycles. The second-order valence-electron chi connectivity index (χ2n) is 5.19. The maximum atomic E-state index is 11.8. The highest BCUT2D eigenvalue weighted by Gasteiger charge is 2.17. The van der Waals surface area contributed by atoms with Gasteiger partial charge in [-0.05, 0) is 24.0 Å². The Balaban J connectivity index is 1.81. The summed E-state index contributed by atoms with van der Waals surface area (Å²) in [6.07, 6.45) is 4.76. The molecule has 0 atom stereocenters. The molecule has 1 aliphatic carbocycles. The molecule has 2 rings (SSSR count). The van der Waals surface area contributed by atoms with E-state index in [9.17, 15) is 9.59 Å². The van der Waals surface area contributed by atoms with Gasteiger partial charge in [0, 0.05) is 12.2 Å². The first-order chi connectivity index (χ1) is 9.65. The Morgan fingerprint density at radius 2 is 2.00 bits per heavy atom. The van der Waals surface area contributed by atoms with Crippen molar-refractivity contribution >= 4 is 17.7 Å². The third kappa shape index (κ3) is 4.26. The largest absolute Gasteiger partial charge is 0.481 e. The van der Waals surface area contributed by atoms with E-state index < -0.39 is 5.97 Å². The van der Waals surface area contributed by atoms with E-state index in [-0.39, 0.29) is 12.5 Å². The van der Waals surface area contributed by atoms with E-state index in [1.54, 1.807) is 24.3 Å². The van der Waals surface area contributed by atoms with Gasteiger partial charge in [-0.1, -0.05) is 37.5 Å². The van der Waals surface area contributed by atoms with Crippen LogP contribution in [-0.2, 0) is 11.2 Å². The first-order valence-corrected chi connectivity index (χ1v) is 6.99. The zero-order valence-electron chi connectivity index (χ0n) is 11.4. The van der Waals surface area contributed by atoms with Crippen molar-refractivity contribution in [3.8, 4) is 0 Å². The van der Waals surface area contributed by atoms with Crippen LogP contribution >= 0.6 is 0 Å². The van der Waals surface area contributed by atoms with E-state index in [0.717, 1.165) is 12.3 Å². The highest BCUT2D eigenvalue weighted by atomic mass is 16.4. The van der Waals surface area contributed by atoms with Gasteiger partial charge in [0.1, 0.15) is 0 Å². The van der Waals surface area contributed by atoms with Crippen molar-refractivity contribution in [3.05, 3.63) is 29.8 Å². The van der Waals surface area contributed by atoms with Gasteiger partial charge in [-0.15, -0.1) is 0 Å². The molecule has 0 spiro atoms. The average Bonchev–Trinajstić information content (AvgIpc) is 2.34. The molecule has 1 saturated carbocycles. The van der Waals surface area contributed by atoms with Crippen LogP contribution in [0.3, 0.4) is 0 Å². The van der Waals surface area contributed by atoms with Gasteiger partial charge < -0.3 is 15.7 Å². The van der Waals surface area contributed by atoms with Crippen LogP contribution < -0.4 is 10.6 Å². The van der Waals surface area contributed by atoms with Gasteiger partial charge in [0.25, 0.3) is 0 Å². The number of carbonyl (C=O) groups is 2. The summed E-state index contributed by atoms with van der Waals surface area (Å²) in [7, 11) is 0. The van der Waals surface area contributed by atoms with E-state index in [1.807, 2.05) is 0 Å². The predicted octanol–water partition coefficient (Wildman–Crippen LogP) is 2.63. The Kier molecular flexibility index (Phi) is 4.98. The number of carboxylic acid groups (broad SMARTS) is 1. The van der Waals surface area contributed by atoms with Crippen LogP contribution in [0.2, 0.25) is 0 Å². The van der Waals surface area contributed by atoms with Crippen LogP contribution in [0.1, 0.15) is 31.2 Å². The lowest BCUT2D eigenvalue weighted by Gasteiger charge is -2.25. The number of anilines is 1. The quantitative estimate of drug-likeness (QED) is 0.747. The second kappa shape index (κ2) is 6.93. The Bertz CT molecular complexity index is 484. The molecule has 3 N–H and O–H groups in total. The number of carbonyl (C=O) groups excluding carboxylic acids is 1. The molecule has 0 unspecified atom stereocenters. The SMILES string of the molecule is O=C(O)Cc1ccccc1NC(=O)NCCC1CCC1. The number of nitrogens with one attached hydrogen (secondary N) is 2. The van der Waals surface area contributed by atoms with E-state index >= 15 is 0 Å². The lowest BCUT2D eigenvalue weighted by Crippen LogP contribution is -2.31. The molecule has 1 aliphatic rings. The first-order valence-electron chi connectivity index (χ1n) is 6.99. The van der Waals surface area contributed by atoms with Crippen molar-refractivity contribution in [3.63, 3.8) is 0 Å². The molecule has 2 amide bonds. The lowest BCUT2D eigenvalue weighted by molar-refractivity contribution is -0.136. The van der Waals surface area contributed by atoms with E-state index in [2.05, 4.69) is 10.6 Å². The molecule has 1 aromatic rings.